The van der Waals surface area contributed by atoms with Gasteiger partial charge >= 0.3 is 0 Å². The van der Waals surface area contributed by atoms with Crippen molar-refractivity contribution in [2.75, 3.05) is 26.2 Å². The molecule has 2 aliphatic rings. The Bertz CT molecular complexity index is 220. The van der Waals surface area contributed by atoms with E-state index in [4.69, 9.17) is 4.74 Å². The highest BCUT2D eigenvalue weighted by Gasteiger charge is 2.35. The van der Waals surface area contributed by atoms with E-state index in [1.54, 1.807) is 0 Å². The van der Waals surface area contributed by atoms with Gasteiger partial charge in [-0.25, -0.2) is 0 Å². The Hall–Kier alpha value is -0.120. The molecule has 2 aliphatic heterocycles. The Kier molecular flexibility index (Phi) is 4.83. The van der Waals surface area contributed by atoms with Crippen molar-refractivity contribution in [1.29, 1.82) is 0 Å². The summed E-state index contributed by atoms with van der Waals surface area (Å²) in [5.74, 6) is 0.744. The van der Waals surface area contributed by atoms with Gasteiger partial charge in [-0.3, -0.25) is 4.90 Å². The lowest BCUT2D eigenvalue weighted by molar-refractivity contribution is -0.0529. The number of fused-ring (bicyclic) bond motifs is 2. The summed E-state index contributed by atoms with van der Waals surface area (Å²) < 4.78 is 5.90. The fourth-order valence-corrected chi connectivity index (χ4v) is 3.01. The normalized spacial score (nSPS) is 31.1. The second-order valence-corrected chi connectivity index (χ2v) is 6.03. The maximum absolute atomic E-state index is 5.90. The van der Waals surface area contributed by atoms with Crippen molar-refractivity contribution in [2.45, 2.75) is 58.3 Å². The van der Waals surface area contributed by atoms with Crippen LogP contribution in [0.25, 0.3) is 0 Å². The first-order valence-corrected chi connectivity index (χ1v) is 7.29. The van der Waals surface area contributed by atoms with Crippen molar-refractivity contribution in [3.05, 3.63) is 0 Å². The molecular weight excluding hydrogens is 212 g/mol. The van der Waals surface area contributed by atoms with Crippen LogP contribution in [0.2, 0.25) is 0 Å². The number of hydrogen-bond acceptors (Lipinski definition) is 3. The molecule has 3 nitrogen and oxygen atoms in total. The third-order valence-corrected chi connectivity index (χ3v) is 3.99. The van der Waals surface area contributed by atoms with Gasteiger partial charge in [0.2, 0.25) is 0 Å². The summed E-state index contributed by atoms with van der Waals surface area (Å²) in [5, 5.41) is 3.60. The van der Waals surface area contributed by atoms with Gasteiger partial charge in [-0.05, 0) is 31.7 Å². The van der Waals surface area contributed by atoms with E-state index in [0.29, 0.717) is 18.2 Å². The van der Waals surface area contributed by atoms with Crippen molar-refractivity contribution in [3.63, 3.8) is 0 Å². The van der Waals surface area contributed by atoms with E-state index in [1.165, 1.54) is 19.3 Å². The zero-order valence-corrected chi connectivity index (χ0v) is 11.6. The Morgan fingerprint density at radius 2 is 1.82 bits per heavy atom. The molecule has 0 aromatic carbocycles. The highest BCUT2D eigenvalue weighted by molar-refractivity contribution is 4.88. The topological polar surface area (TPSA) is 24.5 Å². The molecule has 0 amide bonds. The minimum Gasteiger partial charge on any atom is -0.372 e. The van der Waals surface area contributed by atoms with Crippen molar-refractivity contribution >= 4 is 0 Å². The lowest BCUT2D eigenvalue weighted by atomic mass is 10.1. The number of nitrogens with zero attached hydrogens (tertiary/aromatic N) is 1. The van der Waals surface area contributed by atoms with Gasteiger partial charge in [0.1, 0.15) is 0 Å². The fourth-order valence-electron chi connectivity index (χ4n) is 3.01. The van der Waals surface area contributed by atoms with E-state index < -0.39 is 0 Å². The van der Waals surface area contributed by atoms with Crippen molar-refractivity contribution < 1.29 is 4.74 Å². The molecule has 0 radical (unpaired) electrons. The van der Waals surface area contributed by atoms with Crippen LogP contribution < -0.4 is 5.32 Å². The minimum absolute atomic E-state index is 0.521. The van der Waals surface area contributed by atoms with E-state index in [2.05, 4.69) is 31.0 Å². The predicted molar refractivity (Wildman–Crippen MR) is 71.3 cm³/mol. The molecule has 3 heteroatoms. The van der Waals surface area contributed by atoms with Gasteiger partial charge in [0.15, 0.2) is 0 Å². The van der Waals surface area contributed by atoms with Crippen molar-refractivity contribution in [2.24, 2.45) is 5.92 Å². The molecule has 3 atom stereocenters. The lowest BCUT2D eigenvalue weighted by Gasteiger charge is -2.37. The molecule has 0 aliphatic carbocycles. The van der Waals surface area contributed by atoms with Gasteiger partial charge in [0.25, 0.3) is 0 Å². The smallest absolute Gasteiger partial charge is 0.0707 e. The maximum Gasteiger partial charge on any atom is 0.0707 e. The first-order chi connectivity index (χ1) is 8.19. The van der Waals surface area contributed by atoms with Gasteiger partial charge in [-0.15, -0.1) is 0 Å². The number of rotatable bonds is 6. The summed E-state index contributed by atoms with van der Waals surface area (Å²) in [5.41, 5.74) is 0. The average molecular weight is 240 g/mol. The molecule has 1 N–H and O–H groups in total. The quantitative estimate of drug-likeness (QED) is 0.767. The second-order valence-electron chi connectivity index (χ2n) is 6.03. The van der Waals surface area contributed by atoms with Crippen LogP contribution in [-0.4, -0.2) is 49.3 Å². The van der Waals surface area contributed by atoms with Gasteiger partial charge < -0.3 is 10.1 Å². The first kappa shape index (κ1) is 13.3. The minimum atomic E-state index is 0.521. The van der Waals surface area contributed by atoms with Crippen LogP contribution in [0.15, 0.2) is 0 Å². The summed E-state index contributed by atoms with van der Waals surface area (Å²) in [6.07, 6.45) is 4.83. The molecule has 0 aromatic heterocycles. The molecule has 3 unspecified atom stereocenters. The van der Waals surface area contributed by atoms with Gasteiger partial charge in [0.05, 0.1) is 12.2 Å². The third kappa shape index (κ3) is 3.67. The van der Waals surface area contributed by atoms with Crippen LogP contribution in [-0.2, 0) is 4.74 Å². The Morgan fingerprint density at radius 3 is 2.35 bits per heavy atom. The van der Waals surface area contributed by atoms with Crippen LogP contribution in [0, 0.1) is 5.92 Å². The van der Waals surface area contributed by atoms with E-state index in [1.807, 2.05) is 0 Å². The first-order valence-electron chi connectivity index (χ1n) is 7.29. The zero-order chi connectivity index (χ0) is 12.3. The summed E-state index contributed by atoms with van der Waals surface area (Å²) >= 11 is 0. The highest BCUT2D eigenvalue weighted by Crippen LogP contribution is 2.27. The van der Waals surface area contributed by atoms with Crippen LogP contribution >= 0.6 is 0 Å². The van der Waals surface area contributed by atoms with Gasteiger partial charge in [0, 0.05) is 25.7 Å². The summed E-state index contributed by atoms with van der Waals surface area (Å²) in [7, 11) is 0. The molecule has 0 aromatic rings. The standard InChI is InChI=1S/C14H28N2O/c1-4-12(8-15-7-11(2)3)16-9-13-5-6-14(10-16)17-13/h11-15H,4-10H2,1-3H3. The molecule has 0 saturated carbocycles. The summed E-state index contributed by atoms with van der Waals surface area (Å²) in [4.78, 5) is 2.65. The van der Waals surface area contributed by atoms with Crippen LogP contribution in [0.1, 0.15) is 40.0 Å². The monoisotopic (exact) mass is 240 g/mol. The molecule has 17 heavy (non-hydrogen) atoms. The van der Waals surface area contributed by atoms with E-state index in [0.717, 1.165) is 32.1 Å². The summed E-state index contributed by atoms with van der Waals surface area (Å²) in [6, 6.07) is 0.695. The Labute approximate surface area is 106 Å². The molecule has 2 heterocycles. The molecule has 0 spiro atoms. The largest absolute Gasteiger partial charge is 0.372 e. The molecule has 2 saturated heterocycles. The Balaban J connectivity index is 1.77. The number of ether oxygens (including phenoxy) is 1. The molecule has 2 bridgehead atoms. The van der Waals surface area contributed by atoms with Gasteiger partial charge in [-0.2, -0.15) is 0 Å². The van der Waals surface area contributed by atoms with E-state index in [-0.39, 0.29) is 0 Å². The average Bonchev–Trinajstić information content (AvgIpc) is 2.63. The highest BCUT2D eigenvalue weighted by atomic mass is 16.5. The Morgan fingerprint density at radius 1 is 1.18 bits per heavy atom. The van der Waals surface area contributed by atoms with E-state index >= 15 is 0 Å². The molecule has 2 fully saturated rings. The number of likely N-dealkylation sites (tertiary alicyclic amines) is 1. The van der Waals surface area contributed by atoms with Crippen LogP contribution in [0.4, 0.5) is 0 Å². The molecule has 2 rings (SSSR count). The molecule has 100 valence electrons. The SMILES string of the molecule is CCC(CNCC(C)C)N1CC2CCC(C1)O2. The van der Waals surface area contributed by atoms with Crippen molar-refractivity contribution in [3.8, 4) is 0 Å². The number of hydrogen-bond donors (Lipinski definition) is 1. The predicted octanol–water partition coefficient (Wildman–Crippen LogP) is 1.87. The van der Waals surface area contributed by atoms with Crippen molar-refractivity contribution in [1.82, 2.24) is 10.2 Å². The van der Waals surface area contributed by atoms with Gasteiger partial charge in [-0.1, -0.05) is 20.8 Å². The number of nitrogens with one attached hydrogen (secondary N) is 1. The second kappa shape index (κ2) is 6.17. The zero-order valence-electron chi connectivity index (χ0n) is 11.6. The lowest BCUT2D eigenvalue weighted by Crippen LogP contribution is -2.51. The van der Waals surface area contributed by atoms with Crippen LogP contribution in [0.5, 0.6) is 0 Å². The summed E-state index contributed by atoms with van der Waals surface area (Å²) in [6.45, 7) is 11.4. The molecular formula is C14H28N2O. The third-order valence-electron chi connectivity index (χ3n) is 3.99. The maximum atomic E-state index is 5.90. The number of morpholine rings is 1. The van der Waals surface area contributed by atoms with E-state index in [9.17, 15) is 0 Å². The fraction of sp³-hybridized carbons (Fsp3) is 1.00. The van der Waals surface area contributed by atoms with Crippen LogP contribution in [0.3, 0.4) is 0 Å².